The van der Waals surface area contributed by atoms with Crippen molar-refractivity contribution in [1.82, 2.24) is 9.62 Å². The summed E-state index contributed by atoms with van der Waals surface area (Å²) >= 11 is 11.9. The molecule has 0 saturated carbocycles. The third kappa shape index (κ3) is 6.12. The molecule has 0 aliphatic carbocycles. The molecular formula is C18H26Cl2N2O3S. The van der Waals surface area contributed by atoms with Gasteiger partial charge in [-0.15, -0.1) is 0 Å². The summed E-state index contributed by atoms with van der Waals surface area (Å²) in [5, 5.41) is 3.78. The molecule has 5 nitrogen and oxygen atoms in total. The van der Waals surface area contributed by atoms with Gasteiger partial charge in [-0.3, -0.25) is 4.79 Å². The van der Waals surface area contributed by atoms with Gasteiger partial charge in [0.15, 0.2) is 0 Å². The van der Waals surface area contributed by atoms with Crippen LogP contribution in [0.4, 0.5) is 0 Å². The highest BCUT2D eigenvalue weighted by molar-refractivity contribution is 7.88. The molecule has 26 heavy (non-hydrogen) atoms. The second-order valence-electron chi connectivity index (χ2n) is 6.66. The summed E-state index contributed by atoms with van der Waals surface area (Å²) in [5.74, 6) is -0.224. The van der Waals surface area contributed by atoms with Gasteiger partial charge in [0, 0.05) is 35.6 Å². The summed E-state index contributed by atoms with van der Waals surface area (Å²) in [6.07, 6.45) is 4.30. The van der Waals surface area contributed by atoms with Crippen molar-refractivity contribution in [3.05, 3.63) is 33.8 Å². The zero-order valence-electron chi connectivity index (χ0n) is 15.0. The SMILES string of the molecule is CCCCCNC(=O)C1CCN(S(=O)(=O)Cc2ccc(Cl)cc2Cl)CC1. The summed E-state index contributed by atoms with van der Waals surface area (Å²) in [5.41, 5.74) is 0.534. The predicted molar refractivity (Wildman–Crippen MR) is 106 cm³/mol. The van der Waals surface area contributed by atoms with Gasteiger partial charge < -0.3 is 5.32 Å². The Morgan fingerprint density at radius 2 is 1.92 bits per heavy atom. The average Bonchev–Trinajstić information content (AvgIpc) is 2.61. The number of hydrogen-bond donors (Lipinski definition) is 1. The second kappa shape index (κ2) is 9.93. The maximum Gasteiger partial charge on any atom is 0.223 e. The van der Waals surface area contributed by atoms with E-state index >= 15 is 0 Å². The van der Waals surface area contributed by atoms with Gasteiger partial charge in [0.05, 0.1) is 5.75 Å². The molecule has 1 aliphatic rings. The van der Waals surface area contributed by atoms with Crippen LogP contribution in [-0.4, -0.2) is 38.3 Å². The first kappa shape index (κ1) is 21.5. The Morgan fingerprint density at radius 1 is 1.23 bits per heavy atom. The number of nitrogens with zero attached hydrogens (tertiary/aromatic N) is 1. The molecule has 1 fully saturated rings. The normalized spacial score (nSPS) is 16.6. The third-order valence-corrected chi connectivity index (χ3v) is 7.07. The van der Waals surface area contributed by atoms with Crippen molar-refractivity contribution in [2.45, 2.75) is 44.8 Å². The zero-order valence-corrected chi connectivity index (χ0v) is 17.3. The largest absolute Gasteiger partial charge is 0.356 e. The van der Waals surface area contributed by atoms with Gasteiger partial charge in [0.2, 0.25) is 15.9 Å². The first-order valence-corrected chi connectivity index (χ1v) is 11.4. The van der Waals surface area contributed by atoms with E-state index in [-0.39, 0.29) is 17.6 Å². The molecule has 1 amide bonds. The lowest BCUT2D eigenvalue weighted by atomic mass is 9.97. The molecule has 8 heteroatoms. The molecule has 146 valence electrons. The lowest BCUT2D eigenvalue weighted by molar-refractivity contribution is -0.126. The molecule has 0 unspecified atom stereocenters. The summed E-state index contributed by atoms with van der Waals surface area (Å²) in [7, 11) is -3.47. The van der Waals surface area contributed by atoms with Gasteiger partial charge in [0.1, 0.15) is 0 Å². The Kier molecular flexibility index (Phi) is 8.20. The average molecular weight is 421 g/mol. The third-order valence-electron chi connectivity index (χ3n) is 4.65. The lowest BCUT2D eigenvalue weighted by Crippen LogP contribution is -2.43. The smallest absolute Gasteiger partial charge is 0.223 e. The topological polar surface area (TPSA) is 66.5 Å². The Bertz CT molecular complexity index is 717. The van der Waals surface area contributed by atoms with E-state index in [0.717, 1.165) is 19.3 Å². The van der Waals surface area contributed by atoms with Crippen LogP contribution >= 0.6 is 23.2 Å². The Balaban J connectivity index is 1.87. The van der Waals surface area contributed by atoms with E-state index in [1.807, 2.05) is 0 Å². The molecule has 1 N–H and O–H groups in total. The Hall–Kier alpha value is -0.820. The number of amides is 1. The molecule has 1 aliphatic heterocycles. The van der Waals surface area contributed by atoms with Crippen molar-refractivity contribution in [3.8, 4) is 0 Å². The number of nitrogens with one attached hydrogen (secondary N) is 1. The van der Waals surface area contributed by atoms with Crippen molar-refractivity contribution in [1.29, 1.82) is 0 Å². The molecular weight excluding hydrogens is 395 g/mol. The highest BCUT2D eigenvalue weighted by Crippen LogP contribution is 2.26. The number of piperidine rings is 1. The molecule has 0 atom stereocenters. The molecule has 0 aromatic heterocycles. The summed E-state index contributed by atoms with van der Waals surface area (Å²) in [6, 6.07) is 4.81. The van der Waals surface area contributed by atoms with E-state index in [1.165, 1.54) is 4.31 Å². The highest BCUT2D eigenvalue weighted by Gasteiger charge is 2.31. The number of halogens is 2. The van der Waals surface area contributed by atoms with Crippen LogP contribution in [0.5, 0.6) is 0 Å². The van der Waals surface area contributed by atoms with Crippen LogP contribution in [0.1, 0.15) is 44.6 Å². The minimum absolute atomic E-state index is 0.0406. The van der Waals surface area contributed by atoms with Crippen molar-refractivity contribution >= 4 is 39.1 Å². The minimum atomic E-state index is -3.47. The fourth-order valence-electron chi connectivity index (χ4n) is 3.05. The van der Waals surface area contributed by atoms with Gasteiger partial charge in [-0.25, -0.2) is 12.7 Å². The minimum Gasteiger partial charge on any atom is -0.356 e. The number of carbonyl (C=O) groups is 1. The van der Waals surface area contributed by atoms with Crippen molar-refractivity contribution in [3.63, 3.8) is 0 Å². The van der Waals surface area contributed by atoms with Gasteiger partial charge in [-0.1, -0.05) is 49.0 Å². The van der Waals surface area contributed by atoms with Crippen molar-refractivity contribution in [2.24, 2.45) is 5.92 Å². The van der Waals surface area contributed by atoms with E-state index in [1.54, 1.807) is 18.2 Å². The molecule has 1 saturated heterocycles. The van der Waals surface area contributed by atoms with Gasteiger partial charge in [-0.2, -0.15) is 0 Å². The fourth-order valence-corrected chi connectivity index (χ4v) is 5.20. The van der Waals surface area contributed by atoms with Crippen LogP contribution in [0.15, 0.2) is 18.2 Å². The van der Waals surface area contributed by atoms with Gasteiger partial charge >= 0.3 is 0 Å². The van der Waals surface area contributed by atoms with Crippen LogP contribution < -0.4 is 5.32 Å². The van der Waals surface area contributed by atoms with Gasteiger partial charge in [0.25, 0.3) is 0 Å². The quantitative estimate of drug-likeness (QED) is 0.649. The monoisotopic (exact) mass is 420 g/mol. The fraction of sp³-hybridized carbons (Fsp3) is 0.611. The highest BCUT2D eigenvalue weighted by atomic mass is 35.5. The number of rotatable bonds is 8. The molecule has 1 aromatic carbocycles. The van der Waals surface area contributed by atoms with E-state index < -0.39 is 10.0 Å². The maximum atomic E-state index is 12.6. The first-order chi connectivity index (χ1) is 12.3. The number of carbonyl (C=O) groups excluding carboxylic acids is 1. The maximum absolute atomic E-state index is 12.6. The van der Waals surface area contributed by atoms with Crippen molar-refractivity contribution < 1.29 is 13.2 Å². The Labute approximate surface area is 166 Å². The molecule has 0 bridgehead atoms. The first-order valence-electron chi connectivity index (χ1n) is 9.03. The molecule has 0 spiro atoms. The molecule has 0 radical (unpaired) electrons. The standard InChI is InChI=1S/C18H26Cl2N2O3S/c1-2-3-4-9-21-18(23)14-7-10-22(11-8-14)26(24,25)13-15-5-6-16(19)12-17(15)20/h5-6,12,14H,2-4,7-11,13H2,1H3,(H,21,23). The Morgan fingerprint density at radius 3 is 2.54 bits per heavy atom. The molecule has 2 rings (SSSR count). The number of sulfonamides is 1. The van der Waals surface area contributed by atoms with Crippen LogP contribution in [0.2, 0.25) is 10.0 Å². The van der Waals surface area contributed by atoms with E-state index in [2.05, 4.69) is 12.2 Å². The lowest BCUT2D eigenvalue weighted by Gasteiger charge is -2.30. The number of benzene rings is 1. The summed E-state index contributed by atoms with van der Waals surface area (Å²) in [4.78, 5) is 12.2. The van der Waals surface area contributed by atoms with Crippen LogP contribution in [0, 0.1) is 5.92 Å². The number of hydrogen-bond acceptors (Lipinski definition) is 3. The van der Waals surface area contributed by atoms with Crippen LogP contribution in [0.3, 0.4) is 0 Å². The zero-order chi connectivity index (χ0) is 19.2. The summed E-state index contributed by atoms with van der Waals surface area (Å²) < 4.78 is 26.7. The second-order valence-corrected chi connectivity index (χ2v) is 9.48. The van der Waals surface area contributed by atoms with E-state index in [4.69, 9.17) is 23.2 Å². The number of unbranched alkanes of at least 4 members (excludes halogenated alkanes) is 2. The van der Waals surface area contributed by atoms with Gasteiger partial charge in [-0.05, 0) is 37.0 Å². The van der Waals surface area contributed by atoms with Crippen LogP contribution in [0.25, 0.3) is 0 Å². The van der Waals surface area contributed by atoms with Crippen LogP contribution in [-0.2, 0) is 20.6 Å². The van der Waals surface area contributed by atoms with Crippen molar-refractivity contribution in [2.75, 3.05) is 19.6 Å². The molecule has 1 aromatic rings. The predicted octanol–water partition coefficient (Wildman–Crippen LogP) is 3.84. The summed E-state index contributed by atoms with van der Waals surface area (Å²) in [6.45, 7) is 3.54. The van der Waals surface area contributed by atoms with E-state index in [9.17, 15) is 13.2 Å². The molecule has 1 heterocycles. The van der Waals surface area contributed by atoms with E-state index in [0.29, 0.717) is 48.1 Å².